The molecule has 0 aromatic carbocycles. The van der Waals surface area contributed by atoms with Crippen LogP contribution < -0.4 is 5.32 Å². The van der Waals surface area contributed by atoms with E-state index in [9.17, 15) is 0 Å². The van der Waals surface area contributed by atoms with Crippen LogP contribution >= 0.6 is 27.3 Å². The average Bonchev–Trinajstić information content (AvgIpc) is 2.74. The lowest BCUT2D eigenvalue weighted by molar-refractivity contribution is 0.797. The first-order valence-corrected chi connectivity index (χ1v) is 5.84. The lowest BCUT2D eigenvalue weighted by Crippen LogP contribution is -2.04. The first-order chi connectivity index (χ1) is 6.79. The number of nitrogens with zero attached hydrogens (tertiary/aromatic N) is 1. The highest BCUT2D eigenvalue weighted by Gasteiger charge is 2.05. The van der Waals surface area contributed by atoms with E-state index >= 15 is 0 Å². The van der Waals surface area contributed by atoms with Crippen molar-refractivity contribution in [3.05, 3.63) is 27.8 Å². The Morgan fingerprint density at radius 2 is 2.43 bits per heavy atom. The molecule has 3 nitrogen and oxygen atoms in total. The van der Waals surface area contributed by atoms with Crippen LogP contribution in [0.1, 0.15) is 5.69 Å². The van der Waals surface area contributed by atoms with E-state index < -0.39 is 0 Å². The molecule has 0 saturated heterocycles. The molecule has 2 rings (SSSR count). The highest BCUT2D eigenvalue weighted by Crippen LogP contribution is 2.29. The Balaban J connectivity index is 2.24. The predicted molar refractivity (Wildman–Crippen MR) is 62.4 cm³/mol. The van der Waals surface area contributed by atoms with Crippen molar-refractivity contribution in [2.75, 3.05) is 7.05 Å². The van der Waals surface area contributed by atoms with Gasteiger partial charge in [0.25, 0.3) is 0 Å². The first kappa shape index (κ1) is 9.89. The van der Waals surface area contributed by atoms with Crippen molar-refractivity contribution in [2.24, 2.45) is 0 Å². The minimum Gasteiger partial charge on any atom is -0.340 e. The van der Waals surface area contributed by atoms with Gasteiger partial charge in [-0.2, -0.15) is 0 Å². The third-order valence-electron chi connectivity index (χ3n) is 1.80. The summed E-state index contributed by atoms with van der Waals surface area (Å²) < 4.78 is 1.12. The van der Waals surface area contributed by atoms with Crippen LogP contribution in [0.15, 0.2) is 22.1 Å². The SMILES string of the molecule is CNCc1cnc(-c2ccc(Br)s2)[nH]1. The summed E-state index contributed by atoms with van der Waals surface area (Å²) in [6.45, 7) is 0.819. The largest absolute Gasteiger partial charge is 0.340 e. The number of thiophene rings is 1. The lowest BCUT2D eigenvalue weighted by Gasteiger charge is -1.92. The standard InChI is InChI=1S/C9H10BrN3S/c1-11-4-6-5-12-9(13-6)7-2-3-8(10)14-7/h2-3,5,11H,4H2,1H3,(H,12,13). The van der Waals surface area contributed by atoms with Gasteiger partial charge >= 0.3 is 0 Å². The summed E-state index contributed by atoms with van der Waals surface area (Å²) in [5.74, 6) is 0.936. The molecule has 0 bridgehead atoms. The van der Waals surface area contributed by atoms with Gasteiger partial charge in [-0.1, -0.05) is 0 Å². The number of halogens is 1. The second kappa shape index (κ2) is 4.25. The van der Waals surface area contributed by atoms with Crippen LogP contribution in [0.5, 0.6) is 0 Å². The molecule has 2 heterocycles. The zero-order chi connectivity index (χ0) is 9.97. The molecule has 0 amide bonds. The number of imidazole rings is 1. The summed E-state index contributed by atoms with van der Waals surface area (Å²) >= 11 is 5.11. The zero-order valence-corrected chi connectivity index (χ0v) is 10.1. The number of H-pyrrole nitrogens is 1. The molecular formula is C9H10BrN3S. The summed E-state index contributed by atoms with van der Waals surface area (Å²) in [5, 5.41) is 3.08. The normalized spacial score (nSPS) is 10.7. The topological polar surface area (TPSA) is 40.7 Å². The highest BCUT2D eigenvalue weighted by molar-refractivity contribution is 9.11. The van der Waals surface area contributed by atoms with Gasteiger partial charge in [0.1, 0.15) is 5.82 Å². The van der Waals surface area contributed by atoms with E-state index in [-0.39, 0.29) is 0 Å². The quantitative estimate of drug-likeness (QED) is 0.901. The number of aromatic amines is 1. The maximum atomic E-state index is 4.31. The maximum absolute atomic E-state index is 4.31. The van der Waals surface area contributed by atoms with Gasteiger partial charge in [-0.3, -0.25) is 0 Å². The molecular weight excluding hydrogens is 262 g/mol. The number of hydrogen-bond acceptors (Lipinski definition) is 3. The number of aromatic nitrogens is 2. The molecule has 0 spiro atoms. The lowest BCUT2D eigenvalue weighted by atomic mass is 10.4. The van der Waals surface area contributed by atoms with Gasteiger partial charge in [-0.15, -0.1) is 11.3 Å². The van der Waals surface area contributed by atoms with Gasteiger partial charge in [-0.25, -0.2) is 4.98 Å². The monoisotopic (exact) mass is 271 g/mol. The van der Waals surface area contributed by atoms with Gasteiger partial charge in [0.15, 0.2) is 0 Å². The average molecular weight is 272 g/mol. The van der Waals surface area contributed by atoms with Crippen molar-refractivity contribution < 1.29 is 0 Å². The molecule has 2 aromatic heterocycles. The second-order valence-electron chi connectivity index (χ2n) is 2.89. The zero-order valence-electron chi connectivity index (χ0n) is 7.67. The van der Waals surface area contributed by atoms with E-state index in [2.05, 4.69) is 37.3 Å². The first-order valence-electron chi connectivity index (χ1n) is 4.24. The molecule has 0 radical (unpaired) electrons. The van der Waals surface area contributed by atoms with Crippen LogP contribution in [0.25, 0.3) is 10.7 Å². The van der Waals surface area contributed by atoms with Gasteiger partial charge in [-0.05, 0) is 35.1 Å². The summed E-state index contributed by atoms with van der Waals surface area (Å²) in [6.07, 6.45) is 1.86. The van der Waals surface area contributed by atoms with E-state index in [1.165, 1.54) is 0 Å². The van der Waals surface area contributed by atoms with Crippen LogP contribution in [-0.4, -0.2) is 17.0 Å². The van der Waals surface area contributed by atoms with Crippen molar-refractivity contribution >= 4 is 27.3 Å². The smallest absolute Gasteiger partial charge is 0.147 e. The van der Waals surface area contributed by atoms with E-state index in [4.69, 9.17) is 0 Å². The predicted octanol–water partition coefficient (Wildman–Crippen LogP) is 2.62. The van der Waals surface area contributed by atoms with Crippen LogP contribution in [0.2, 0.25) is 0 Å². The van der Waals surface area contributed by atoms with E-state index in [1.54, 1.807) is 11.3 Å². The number of rotatable bonds is 3. The molecule has 0 unspecified atom stereocenters. The summed E-state index contributed by atoms with van der Waals surface area (Å²) in [5.41, 5.74) is 1.10. The number of hydrogen-bond donors (Lipinski definition) is 2. The molecule has 2 N–H and O–H groups in total. The second-order valence-corrected chi connectivity index (χ2v) is 5.35. The third kappa shape index (κ3) is 2.05. The Morgan fingerprint density at radius 3 is 3.07 bits per heavy atom. The van der Waals surface area contributed by atoms with Crippen LogP contribution in [-0.2, 0) is 6.54 Å². The molecule has 0 aliphatic carbocycles. The molecule has 0 saturated carbocycles. The van der Waals surface area contributed by atoms with E-state index in [1.807, 2.05) is 19.3 Å². The molecule has 0 atom stereocenters. The van der Waals surface area contributed by atoms with Gasteiger partial charge in [0.2, 0.25) is 0 Å². The fraction of sp³-hybridized carbons (Fsp3) is 0.222. The van der Waals surface area contributed by atoms with E-state index in [0.29, 0.717) is 0 Å². The van der Waals surface area contributed by atoms with Crippen molar-refractivity contribution in [3.63, 3.8) is 0 Å². The Morgan fingerprint density at radius 1 is 1.57 bits per heavy atom. The summed E-state index contributed by atoms with van der Waals surface area (Å²) in [4.78, 5) is 8.72. The molecule has 14 heavy (non-hydrogen) atoms. The summed E-state index contributed by atoms with van der Waals surface area (Å²) in [6, 6.07) is 4.08. The molecule has 0 aliphatic rings. The Kier molecular flexibility index (Phi) is 3.00. The van der Waals surface area contributed by atoms with Crippen LogP contribution in [0, 0.1) is 0 Å². The molecule has 5 heteroatoms. The van der Waals surface area contributed by atoms with Crippen molar-refractivity contribution in [2.45, 2.75) is 6.54 Å². The minimum absolute atomic E-state index is 0.819. The molecule has 2 aromatic rings. The van der Waals surface area contributed by atoms with Crippen molar-refractivity contribution in [1.29, 1.82) is 0 Å². The van der Waals surface area contributed by atoms with Gasteiger partial charge < -0.3 is 10.3 Å². The van der Waals surface area contributed by atoms with Gasteiger partial charge in [0.05, 0.1) is 8.66 Å². The maximum Gasteiger partial charge on any atom is 0.147 e. The molecule has 0 fully saturated rings. The molecule has 0 aliphatic heterocycles. The summed E-state index contributed by atoms with van der Waals surface area (Å²) in [7, 11) is 1.92. The van der Waals surface area contributed by atoms with Gasteiger partial charge in [0, 0.05) is 18.4 Å². The Hall–Kier alpha value is -0.650. The van der Waals surface area contributed by atoms with Crippen molar-refractivity contribution in [3.8, 4) is 10.7 Å². The fourth-order valence-corrected chi connectivity index (χ4v) is 2.54. The Labute approximate surface area is 94.7 Å². The van der Waals surface area contributed by atoms with Crippen LogP contribution in [0.4, 0.5) is 0 Å². The Bertz CT molecular complexity index is 421. The third-order valence-corrected chi connectivity index (χ3v) is 3.43. The highest BCUT2D eigenvalue weighted by atomic mass is 79.9. The van der Waals surface area contributed by atoms with E-state index in [0.717, 1.165) is 26.7 Å². The minimum atomic E-state index is 0.819. The number of nitrogens with one attached hydrogen (secondary N) is 2. The fourth-order valence-electron chi connectivity index (χ4n) is 1.21. The van der Waals surface area contributed by atoms with Crippen molar-refractivity contribution in [1.82, 2.24) is 15.3 Å². The van der Waals surface area contributed by atoms with Crippen LogP contribution in [0.3, 0.4) is 0 Å². The molecule has 74 valence electrons.